The summed E-state index contributed by atoms with van der Waals surface area (Å²) in [5.41, 5.74) is 1.02. The molecule has 0 fully saturated rings. The van der Waals surface area contributed by atoms with Crippen LogP contribution < -0.4 is 11.0 Å². The highest BCUT2D eigenvalue weighted by molar-refractivity contribution is 7.88. The molecule has 0 aliphatic rings. The minimum Gasteiger partial charge on any atom is -0.355 e. The molecule has 0 bridgehead atoms. The molecule has 0 spiro atoms. The fourth-order valence-electron chi connectivity index (χ4n) is 1.87. The number of nitrogens with one attached hydrogen (secondary N) is 1. The molecule has 0 radical (unpaired) electrons. The van der Waals surface area contributed by atoms with Gasteiger partial charge in [0.05, 0.1) is 6.26 Å². The molecule has 1 aromatic heterocycles. The van der Waals surface area contributed by atoms with Gasteiger partial charge in [0.25, 0.3) is 0 Å². The molecule has 0 aliphatic carbocycles. The third-order valence-electron chi connectivity index (χ3n) is 3.22. The fourth-order valence-corrected chi connectivity index (χ4v) is 2.29. The Balaban J connectivity index is 2.46. The highest BCUT2D eigenvalue weighted by Gasteiger charge is 2.11. The zero-order valence-corrected chi connectivity index (χ0v) is 14.1. The summed E-state index contributed by atoms with van der Waals surface area (Å²) in [4.78, 5) is 27.3. The Morgan fingerprint density at radius 1 is 1.41 bits per heavy atom. The van der Waals surface area contributed by atoms with Crippen molar-refractivity contribution in [1.29, 1.82) is 0 Å². The lowest BCUT2D eigenvalue weighted by atomic mass is 10.3. The number of carbonyl (C=O) groups is 1. The number of nitrogens with zero attached hydrogens (tertiary/aromatic N) is 3. The van der Waals surface area contributed by atoms with Crippen molar-refractivity contribution in [1.82, 2.24) is 19.2 Å². The number of aryl methyl sites for hydroxylation is 2. The van der Waals surface area contributed by atoms with E-state index in [1.807, 2.05) is 0 Å². The normalized spacial score (nSPS) is 11.7. The van der Waals surface area contributed by atoms with Gasteiger partial charge in [-0.05, 0) is 19.9 Å². The molecule has 1 heterocycles. The van der Waals surface area contributed by atoms with E-state index in [1.165, 1.54) is 11.6 Å². The summed E-state index contributed by atoms with van der Waals surface area (Å²) in [5, 5.41) is 2.63. The van der Waals surface area contributed by atoms with Crippen LogP contribution in [0.1, 0.15) is 17.8 Å². The quantitative estimate of drug-likeness (QED) is 0.709. The minimum absolute atomic E-state index is 0.133. The molecule has 22 heavy (non-hydrogen) atoms. The Morgan fingerprint density at radius 3 is 2.59 bits per heavy atom. The lowest BCUT2D eigenvalue weighted by Gasteiger charge is -2.14. The molecule has 1 aromatic rings. The van der Waals surface area contributed by atoms with Crippen LogP contribution in [0, 0.1) is 13.8 Å². The van der Waals surface area contributed by atoms with Gasteiger partial charge in [-0.3, -0.25) is 9.36 Å². The molecule has 9 heteroatoms. The fraction of sp³-hybridized carbons (Fsp3) is 0.615. The van der Waals surface area contributed by atoms with E-state index >= 15 is 0 Å². The third-order valence-corrected chi connectivity index (χ3v) is 4.54. The molecule has 0 aromatic carbocycles. The molecule has 0 aliphatic heterocycles. The van der Waals surface area contributed by atoms with Crippen molar-refractivity contribution in [3.05, 3.63) is 27.9 Å². The average Bonchev–Trinajstić information content (AvgIpc) is 2.36. The number of rotatable bonds is 7. The van der Waals surface area contributed by atoms with Crippen molar-refractivity contribution in [2.24, 2.45) is 0 Å². The van der Waals surface area contributed by atoms with Crippen molar-refractivity contribution in [2.45, 2.75) is 26.8 Å². The molecule has 124 valence electrons. The maximum absolute atomic E-state index is 11.7. The van der Waals surface area contributed by atoms with Crippen LogP contribution in [-0.4, -0.2) is 54.6 Å². The molecule has 0 atom stereocenters. The first-order valence-corrected chi connectivity index (χ1v) is 8.69. The first-order chi connectivity index (χ1) is 10.1. The van der Waals surface area contributed by atoms with E-state index < -0.39 is 10.0 Å². The molecule has 0 saturated carbocycles. The van der Waals surface area contributed by atoms with Gasteiger partial charge in [-0.25, -0.2) is 17.5 Å². The van der Waals surface area contributed by atoms with Crippen LogP contribution in [0.25, 0.3) is 0 Å². The lowest BCUT2D eigenvalue weighted by Crippen LogP contribution is -2.36. The van der Waals surface area contributed by atoms with Crippen LogP contribution >= 0.6 is 0 Å². The van der Waals surface area contributed by atoms with E-state index in [4.69, 9.17) is 0 Å². The Labute approximate surface area is 130 Å². The van der Waals surface area contributed by atoms with Gasteiger partial charge >= 0.3 is 5.69 Å². The van der Waals surface area contributed by atoms with Gasteiger partial charge in [-0.1, -0.05) is 0 Å². The number of amides is 1. The number of hydrogen-bond acceptors (Lipinski definition) is 5. The summed E-state index contributed by atoms with van der Waals surface area (Å²) in [6, 6.07) is 1.78. The van der Waals surface area contributed by atoms with Crippen LogP contribution in [0.3, 0.4) is 0 Å². The zero-order chi connectivity index (χ0) is 16.9. The predicted molar refractivity (Wildman–Crippen MR) is 83.1 cm³/mol. The first-order valence-electron chi connectivity index (χ1n) is 6.84. The average molecular weight is 330 g/mol. The largest absolute Gasteiger partial charge is 0.355 e. The van der Waals surface area contributed by atoms with Gasteiger partial charge in [-0.2, -0.15) is 4.98 Å². The molecule has 0 saturated heterocycles. The third kappa shape index (κ3) is 5.57. The van der Waals surface area contributed by atoms with Crippen molar-refractivity contribution >= 4 is 15.9 Å². The molecule has 8 nitrogen and oxygen atoms in total. The summed E-state index contributed by atoms with van der Waals surface area (Å²) in [6.07, 6.45) is 1.24. The minimum atomic E-state index is -3.24. The van der Waals surface area contributed by atoms with E-state index in [2.05, 4.69) is 10.3 Å². The van der Waals surface area contributed by atoms with Crippen molar-refractivity contribution in [3.63, 3.8) is 0 Å². The van der Waals surface area contributed by atoms with Crippen LogP contribution in [0.4, 0.5) is 0 Å². The molecule has 0 unspecified atom stereocenters. The molecule has 1 N–H and O–H groups in total. The van der Waals surface area contributed by atoms with Crippen LogP contribution in [0.15, 0.2) is 10.9 Å². The highest BCUT2D eigenvalue weighted by atomic mass is 32.2. The summed E-state index contributed by atoms with van der Waals surface area (Å²) >= 11 is 0. The van der Waals surface area contributed by atoms with Crippen molar-refractivity contribution < 1.29 is 13.2 Å². The lowest BCUT2D eigenvalue weighted by molar-refractivity contribution is -0.121. The van der Waals surface area contributed by atoms with Gasteiger partial charge in [-0.15, -0.1) is 0 Å². The second kappa shape index (κ2) is 7.50. The van der Waals surface area contributed by atoms with Gasteiger partial charge < -0.3 is 5.32 Å². The second-order valence-corrected chi connectivity index (χ2v) is 7.25. The number of aromatic nitrogens is 2. The van der Waals surface area contributed by atoms with E-state index in [-0.39, 0.29) is 37.7 Å². The second-order valence-electron chi connectivity index (χ2n) is 5.16. The maximum Gasteiger partial charge on any atom is 0.347 e. The summed E-state index contributed by atoms with van der Waals surface area (Å²) < 4.78 is 25.0. The first kappa shape index (κ1) is 18.3. The number of carbonyl (C=O) groups excluding carboxylic acids is 1. The summed E-state index contributed by atoms with van der Waals surface area (Å²) in [5.74, 6) is -0.242. The monoisotopic (exact) mass is 330 g/mol. The molecular formula is C13H22N4O4S. The van der Waals surface area contributed by atoms with Gasteiger partial charge in [0, 0.05) is 44.5 Å². The van der Waals surface area contributed by atoms with Crippen LogP contribution in [0.2, 0.25) is 0 Å². The Morgan fingerprint density at radius 2 is 2.05 bits per heavy atom. The molecule has 1 amide bonds. The van der Waals surface area contributed by atoms with E-state index in [1.54, 1.807) is 19.9 Å². The summed E-state index contributed by atoms with van der Waals surface area (Å²) in [7, 11) is -1.80. The topological polar surface area (TPSA) is 101 Å². The summed E-state index contributed by atoms with van der Waals surface area (Å²) in [6.45, 7) is 4.20. The van der Waals surface area contributed by atoms with Gasteiger partial charge in [0.2, 0.25) is 15.9 Å². The Hall–Kier alpha value is -1.74. The number of likely N-dealkylation sites (N-methyl/N-ethyl adjacent to an activating group) is 1. The number of hydrogen-bond donors (Lipinski definition) is 1. The van der Waals surface area contributed by atoms with Crippen molar-refractivity contribution in [3.8, 4) is 0 Å². The predicted octanol–water partition coefficient (Wildman–Crippen LogP) is -0.742. The van der Waals surface area contributed by atoms with Crippen LogP contribution in [-0.2, 0) is 21.4 Å². The van der Waals surface area contributed by atoms with E-state index in [0.29, 0.717) is 5.69 Å². The standard InChI is InChI=1S/C13H22N4O4S/c1-10-9-11(2)17(13(19)15-10)7-5-12(18)14-6-8-16(3)22(4,20)21/h9H,5-8H2,1-4H3,(H,14,18). The smallest absolute Gasteiger partial charge is 0.347 e. The van der Waals surface area contributed by atoms with Gasteiger partial charge in [0.15, 0.2) is 0 Å². The zero-order valence-electron chi connectivity index (χ0n) is 13.3. The van der Waals surface area contributed by atoms with Crippen molar-refractivity contribution in [2.75, 3.05) is 26.4 Å². The van der Waals surface area contributed by atoms with E-state index in [0.717, 1.165) is 16.3 Å². The maximum atomic E-state index is 11.7. The number of sulfonamides is 1. The Kier molecular flexibility index (Phi) is 6.24. The van der Waals surface area contributed by atoms with Gasteiger partial charge in [0.1, 0.15) is 0 Å². The SMILES string of the molecule is Cc1cc(C)n(CCC(=O)NCCN(C)S(C)(=O)=O)c(=O)n1. The van der Waals surface area contributed by atoms with Crippen LogP contribution in [0.5, 0.6) is 0 Å². The van der Waals surface area contributed by atoms with E-state index in [9.17, 15) is 18.0 Å². The molecule has 1 rings (SSSR count). The molecular weight excluding hydrogens is 308 g/mol. The Bertz CT molecular complexity index is 696. The highest BCUT2D eigenvalue weighted by Crippen LogP contribution is 1.98.